The molecule has 2 N–H and O–H groups in total. The molecule has 12 heteroatoms. The van der Waals surface area contributed by atoms with Gasteiger partial charge in [-0.25, -0.2) is 8.42 Å². The number of amides is 1. The summed E-state index contributed by atoms with van der Waals surface area (Å²) in [5.41, 5.74) is 2.45. The van der Waals surface area contributed by atoms with Crippen LogP contribution >= 0.6 is 11.3 Å². The summed E-state index contributed by atoms with van der Waals surface area (Å²) in [7, 11) is -3.77. The number of aromatic nitrogens is 3. The molecule has 152 valence electrons. The van der Waals surface area contributed by atoms with E-state index in [1.165, 1.54) is 11.2 Å². The van der Waals surface area contributed by atoms with Crippen molar-refractivity contribution in [2.24, 2.45) is 0 Å². The highest BCUT2D eigenvalue weighted by Crippen LogP contribution is 2.24. The number of nitrogens with one attached hydrogen (secondary N) is 2. The molecule has 28 heavy (non-hydrogen) atoms. The summed E-state index contributed by atoms with van der Waals surface area (Å²) in [5.74, 6) is -0.325. The molecule has 10 nitrogen and oxygen atoms in total. The van der Waals surface area contributed by atoms with E-state index in [-0.39, 0.29) is 40.8 Å². The van der Waals surface area contributed by atoms with E-state index < -0.39 is 10.0 Å². The van der Waals surface area contributed by atoms with Gasteiger partial charge in [0, 0.05) is 50.1 Å². The Morgan fingerprint density at radius 1 is 1.21 bits per heavy atom. The Bertz CT molecular complexity index is 989. The fourth-order valence-electron chi connectivity index (χ4n) is 3.06. The second-order valence-electron chi connectivity index (χ2n) is 6.65. The molecular formula is C16H22N6O4S2. The summed E-state index contributed by atoms with van der Waals surface area (Å²) >= 11 is 0.819. The molecule has 3 rings (SSSR count). The van der Waals surface area contributed by atoms with E-state index in [1.807, 2.05) is 24.8 Å². The number of sulfonamides is 1. The van der Waals surface area contributed by atoms with Crippen LogP contribution < -0.4 is 5.32 Å². The molecule has 1 fully saturated rings. The van der Waals surface area contributed by atoms with Crippen LogP contribution in [0.2, 0.25) is 0 Å². The zero-order chi connectivity index (χ0) is 20.5. The first kappa shape index (κ1) is 20.6. The molecule has 2 aromatic rings. The Balaban J connectivity index is 1.60. The van der Waals surface area contributed by atoms with Gasteiger partial charge in [0.1, 0.15) is 0 Å². The number of anilines is 1. The van der Waals surface area contributed by atoms with Crippen molar-refractivity contribution in [1.82, 2.24) is 24.4 Å². The minimum atomic E-state index is -3.77. The number of aryl methyl sites for hydroxylation is 2. The average Bonchev–Trinajstić information content (AvgIpc) is 3.21. The van der Waals surface area contributed by atoms with Crippen LogP contribution in [-0.2, 0) is 14.8 Å². The van der Waals surface area contributed by atoms with Crippen LogP contribution in [0.1, 0.15) is 28.7 Å². The van der Waals surface area contributed by atoms with Gasteiger partial charge in [-0.2, -0.15) is 4.31 Å². The zero-order valence-electron chi connectivity index (χ0n) is 15.9. The van der Waals surface area contributed by atoms with Gasteiger partial charge < -0.3 is 10.3 Å². The maximum Gasteiger partial charge on any atom is 0.272 e. The number of nitrogens with zero attached hydrogens (tertiary/aromatic N) is 4. The van der Waals surface area contributed by atoms with Crippen molar-refractivity contribution < 1.29 is 18.0 Å². The van der Waals surface area contributed by atoms with Crippen LogP contribution in [0.15, 0.2) is 10.4 Å². The number of piperazine rings is 1. The van der Waals surface area contributed by atoms with Crippen molar-refractivity contribution in [3.05, 3.63) is 23.0 Å². The van der Waals surface area contributed by atoms with Crippen molar-refractivity contribution in [3.8, 4) is 0 Å². The number of hydrogen-bond acceptors (Lipinski definition) is 8. The van der Waals surface area contributed by atoms with Gasteiger partial charge in [-0.05, 0) is 19.9 Å². The smallest absolute Gasteiger partial charge is 0.272 e. The number of carbonyl (C=O) groups excluding carboxylic acids is 2. The predicted molar refractivity (Wildman–Crippen MR) is 104 cm³/mol. The molecule has 0 radical (unpaired) electrons. The molecular weight excluding hydrogens is 404 g/mol. The van der Waals surface area contributed by atoms with Crippen molar-refractivity contribution in [1.29, 1.82) is 0 Å². The average molecular weight is 427 g/mol. The first-order chi connectivity index (χ1) is 13.2. The van der Waals surface area contributed by atoms with Gasteiger partial charge in [0.25, 0.3) is 10.0 Å². The van der Waals surface area contributed by atoms with E-state index in [4.69, 9.17) is 0 Å². The fraction of sp³-hybridized carbons (Fsp3) is 0.500. The third kappa shape index (κ3) is 4.46. The highest BCUT2D eigenvalue weighted by molar-refractivity contribution is 7.91. The van der Waals surface area contributed by atoms with Gasteiger partial charge in [-0.3, -0.25) is 14.5 Å². The third-order valence-corrected chi connectivity index (χ3v) is 7.48. The first-order valence-electron chi connectivity index (χ1n) is 8.70. The number of aromatic amines is 1. The molecule has 1 saturated heterocycles. The number of rotatable bonds is 6. The summed E-state index contributed by atoms with van der Waals surface area (Å²) < 4.78 is 26.6. The fourth-order valence-corrected chi connectivity index (χ4v) is 5.56. The minimum Gasteiger partial charge on any atom is -0.362 e. The largest absolute Gasteiger partial charge is 0.362 e. The topological polar surface area (TPSA) is 128 Å². The Morgan fingerprint density at radius 2 is 1.89 bits per heavy atom. The molecule has 0 atom stereocenters. The molecule has 3 heterocycles. The quantitative estimate of drug-likeness (QED) is 0.512. The molecule has 0 aromatic carbocycles. The van der Waals surface area contributed by atoms with E-state index in [0.717, 1.165) is 22.7 Å². The van der Waals surface area contributed by atoms with Crippen LogP contribution in [0.4, 0.5) is 5.13 Å². The number of Topliss-reactive ketones (excluding diaryl/α,β-unsaturated/α-hetero) is 1. The molecule has 0 spiro atoms. The lowest BCUT2D eigenvalue weighted by Gasteiger charge is -2.32. The number of ketones is 1. The lowest BCUT2D eigenvalue weighted by molar-refractivity contribution is -0.114. The van der Waals surface area contributed by atoms with Gasteiger partial charge in [-0.1, -0.05) is 11.3 Å². The highest BCUT2D eigenvalue weighted by atomic mass is 32.2. The molecule has 0 aliphatic carbocycles. The summed E-state index contributed by atoms with van der Waals surface area (Å²) in [6.07, 6.45) is 0. The van der Waals surface area contributed by atoms with Crippen LogP contribution in [0, 0.1) is 13.8 Å². The van der Waals surface area contributed by atoms with Crippen molar-refractivity contribution in [3.63, 3.8) is 0 Å². The van der Waals surface area contributed by atoms with Crippen molar-refractivity contribution >= 4 is 38.2 Å². The summed E-state index contributed by atoms with van der Waals surface area (Å²) in [4.78, 5) is 28.6. The second-order valence-corrected chi connectivity index (χ2v) is 9.74. The molecule has 1 aliphatic heterocycles. The van der Waals surface area contributed by atoms with Gasteiger partial charge in [0.05, 0.1) is 6.54 Å². The molecule has 1 amide bonds. The molecule has 0 unspecified atom stereocenters. The van der Waals surface area contributed by atoms with Gasteiger partial charge in [-0.15, -0.1) is 10.2 Å². The first-order valence-corrected chi connectivity index (χ1v) is 11.0. The van der Waals surface area contributed by atoms with Gasteiger partial charge >= 0.3 is 0 Å². The van der Waals surface area contributed by atoms with Crippen LogP contribution in [-0.4, -0.2) is 77.2 Å². The molecule has 0 saturated carbocycles. The highest BCUT2D eigenvalue weighted by Gasteiger charge is 2.32. The number of hydrogen-bond donors (Lipinski definition) is 2. The SMILES string of the molecule is CC(=O)Nc1nnc(S(=O)(=O)N2CCN(CC(=O)c3cc(C)[nH]c3C)CC2)s1. The Hall–Kier alpha value is -2.15. The molecule has 2 aromatic heterocycles. The van der Waals surface area contributed by atoms with E-state index in [9.17, 15) is 18.0 Å². The lowest BCUT2D eigenvalue weighted by Crippen LogP contribution is -2.49. The predicted octanol–water partition coefficient (Wildman–Crippen LogP) is 0.631. The van der Waals surface area contributed by atoms with Crippen molar-refractivity contribution in [2.75, 3.05) is 38.0 Å². The maximum atomic E-state index is 12.7. The minimum absolute atomic E-state index is 0.0160. The third-order valence-electron chi connectivity index (χ3n) is 4.40. The monoisotopic (exact) mass is 426 g/mol. The second kappa shape index (κ2) is 8.07. The van der Waals surface area contributed by atoms with E-state index in [0.29, 0.717) is 18.7 Å². The van der Waals surface area contributed by atoms with Gasteiger partial charge in [0.2, 0.25) is 15.4 Å². The normalized spacial score (nSPS) is 16.2. The van der Waals surface area contributed by atoms with Crippen LogP contribution in [0.3, 0.4) is 0 Å². The summed E-state index contributed by atoms with van der Waals surface area (Å²) in [6.45, 7) is 6.74. The van der Waals surface area contributed by atoms with Gasteiger partial charge in [0.15, 0.2) is 5.78 Å². The zero-order valence-corrected chi connectivity index (χ0v) is 17.5. The standard InChI is InChI=1S/C16H22N6O4S2/c1-10-8-13(11(2)17-10)14(24)9-21-4-6-22(7-5-21)28(25,26)16-20-19-15(27-16)18-12(3)23/h8,17H,4-7,9H2,1-3H3,(H,18,19,23). The Kier molecular flexibility index (Phi) is 5.93. The molecule has 1 aliphatic rings. The number of H-pyrrole nitrogens is 1. The van der Waals surface area contributed by atoms with Crippen LogP contribution in [0.25, 0.3) is 0 Å². The lowest BCUT2D eigenvalue weighted by atomic mass is 10.1. The van der Waals surface area contributed by atoms with E-state index >= 15 is 0 Å². The van der Waals surface area contributed by atoms with Crippen molar-refractivity contribution in [2.45, 2.75) is 25.1 Å². The molecule has 0 bridgehead atoms. The number of carbonyl (C=O) groups is 2. The van der Waals surface area contributed by atoms with E-state index in [1.54, 1.807) is 0 Å². The summed E-state index contributed by atoms with van der Waals surface area (Å²) in [5, 5.41) is 9.95. The van der Waals surface area contributed by atoms with Crippen LogP contribution in [0.5, 0.6) is 0 Å². The Morgan fingerprint density at radius 3 is 2.46 bits per heavy atom. The maximum absolute atomic E-state index is 12.7. The Labute approximate surface area is 167 Å². The summed E-state index contributed by atoms with van der Waals surface area (Å²) in [6, 6.07) is 1.83. The van der Waals surface area contributed by atoms with E-state index in [2.05, 4.69) is 20.5 Å².